The van der Waals surface area contributed by atoms with Crippen LogP contribution in [0.4, 0.5) is 19.0 Å². The first-order chi connectivity index (χ1) is 18.4. The van der Waals surface area contributed by atoms with E-state index in [-0.39, 0.29) is 34.8 Å². The van der Waals surface area contributed by atoms with Crippen molar-refractivity contribution in [3.8, 4) is 11.1 Å². The van der Waals surface area contributed by atoms with Crippen molar-refractivity contribution < 1.29 is 18.0 Å². The molecule has 1 aliphatic carbocycles. The maximum atomic E-state index is 13.9. The topological polar surface area (TPSA) is 103 Å². The van der Waals surface area contributed by atoms with Crippen LogP contribution in [0.25, 0.3) is 38.6 Å². The number of carbonyl (C=O) groups is 1. The van der Waals surface area contributed by atoms with Crippen LogP contribution in [0.15, 0.2) is 84.0 Å². The van der Waals surface area contributed by atoms with Gasteiger partial charge in [0.05, 0.1) is 22.1 Å². The second kappa shape index (κ2) is 9.23. The lowest BCUT2D eigenvalue weighted by molar-refractivity contribution is -0.137. The molecule has 0 saturated carbocycles. The van der Waals surface area contributed by atoms with E-state index in [0.717, 1.165) is 17.8 Å². The minimum atomic E-state index is -4.65. The average Bonchev–Trinajstić information content (AvgIpc) is 2.89. The second-order valence-electron chi connectivity index (χ2n) is 9.66. The molecule has 3 heterocycles. The minimum Gasteiger partial charge on any atom is -0.384 e. The van der Waals surface area contributed by atoms with Crippen LogP contribution in [0.2, 0.25) is 0 Å². The van der Waals surface area contributed by atoms with Gasteiger partial charge in [-0.25, -0.2) is 4.98 Å². The van der Waals surface area contributed by atoms with Crippen molar-refractivity contribution in [3.63, 3.8) is 0 Å². The molecule has 0 radical (unpaired) electrons. The van der Waals surface area contributed by atoms with E-state index in [0.29, 0.717) is 27.5 Å². The number of allylic oxidation sites excluding steroid dienone is 2. The SMILES string of the molecule is C=CC(=O)NC1(C)CC(n2c(=O)ccc3cnc4ccc(-c5cnc(N)cc5C(F)(F)F)cc4c32)=CC=C1C. The number of anilines is 1. The van der Waals surface area contributed by atoms with Crippen molar-refractivity contribution in [1.82, 2.24) is 19.9 Å². The molecule has 1 unspecified atom stereocenters. The summed E-state index contributed by atoms with van der Waals surface area (Å²) in [6.45, 7) is 7.25. The molecule has 5 rings (SSSR count). The number of hydrogen-bond donors (Lipinski definition) is 2. The predicted molar refractivity (Wildman–Crippen MR) is 146 cm³/mol. The van der Waals surface area contributed by atoms with Gasteiger partial charge in [0.25, 0.3) is 5.56 Å². The monoisotopic (exact) mass is 531 g/mol. The molecule has 1 aromatic carbocycles. The van der Waals surface area contributed by atoms with Crippen LogP contribution < -0.4 is 16.6 Å². The maximum absolute atomic E-state index is 13.9. The van der Waals surface area contributed by atoms with Crippen LogP contribution in [0, 0.1) is 0 Å². The molecule has 0 aliphatic heterocycles. The Kier molecular flexibility index (Phi) is 6.13. The van der Waals surface area contributed by atoms with Gasteiger partial charge in [0.1, 0.15) is 5.82 Å². The fourth-order valence-electron chi connectivity index (χ4n) is 4.89. The third-order valence-electron chi connectivity index (χ3n) is 7.06. The Bertz CT molecular complexity index is 1800. The summed E-state index contributed by atoms with van der Waals surface area (Å²) >= 11 is 0. The molecule has 0 bridgehead atoms. The van der Waals surface area contributed by atoms with Crippen LogP contribution in [0.5, 0.6) is 0 Å². The fraction of sp³-hybridized carbons (Fsp3) is 0.172. The summed E-state index contributed by atoms with van der Waals surface area (Å²) in [5.41, 5.74) is 6.10. The van der Waals surface area contributed by atoms with Gasteiger partial charge in [-0.1, -0.05) is 18.7 Å². The lowest BCUT2D eigenvalue weighted by atomic mass is 9.83. The minimum absolute atomic E-state index is 0.143. The van der Waals surface area contributed by atoms with E-state index >= 15 is 0 Å². The highest BCUT2D eigenvalue weighted by Gasteiger charge is 2.35. The number of aromatic nitrogens is 3. The lowest BCUT2D eigenvalue weighted by Crippen LogP contribution is -2.48. The van der Waals surface area contributed by atoms with E-state index in [9.17, 15) is 22.8 Å². The molecule has 10 heteroatoms. The van der Waals surface area contributed by atoms with Gasteiger partial charge in [-0.05, 0) is 61.4 Å². The molecule has 0 saturated heterocycles. The van der Waals surface area contributed by atoms with Crippen molar-refractivity contribution >= 4 is 39.2 Å². The molecule has 4 aromatic rings. The Morgan fingerprint density at radius 3 is 2.64 bits per heavy atom. The molecule has 1 aliphatic rings. The number of nitrogen functional groups attached to an aromatic ring is 1. The first kappa shape index (κ1) is 25.9. The Labute approximate surface area is 221 Å². The summed E-state index contributed by atoms with van der Waals surface area (Å²) in [6.07, 6.45) is 3.16. The number of hydrogen-bond acceptors (Lipinski definition) is 5. The molecule has 198 valence electrons. The number of benzene rings is 1. The average molecular weight is 532 g/mol. The number of nitrogens with one attached hydrogen (secondary N) is 1. The number of rotatable bonds is 4. The summed E-state index contributed by atoms with van der Waals surface area (Å²) in [5.74, 6) is -0.597. The van der Waals surface area contributed by atoms with Crippen LogP contribution in [0.3, 0.4) is 0 Å². The normalized spacial score (nSPS) is 17.6. The second-order valence-corrected chi connectivity index (χ2v) is 9.66. The highest BCUT2D eigenvalue weighted by atomic mass is 19.4. The van der Waals surface area contributed by atoms with Gasteiger partial charge in [-0.15, -0.1) is 0 Å². The van der Waals surface area contributed by atoms with Crippen molar-refractivity contribution in [3.05, 3.63) is 95.1 Å². The van der Waals surface area contributed by atoms with Crippen LogP contribution in [-0.4, -0.2) is 26.0 Å². The van der Waals surface area contributed by atoms with E-state index in [1.165, 1.54) is 22.8 Å². The van der Waals surface area contributed by atoms with Gasteiger partial charge in [0.15, 0.2) is 0 Å². The molecular weight excluding hydrogens is 507 g/mol. The van der Waals surface area contributed by atoms with Gasteiger partial charge in [-0.2, -0.15) is 13.2 Å². The molecule has 0 fully saturated rings. The zero-order valence-corrected chi connectivity index (χ0v) is 21.1. The van der Waals surface area contributed by atoms with Gasteiger partial charge >= 0.3 is 6.18 Å². The number of fused-ring (bicyclic) bond motifs is 3. The van der Waals surface area contributed by atoms with Crippen LogP contribution >= 0.6 is 0 Å². The van der Waals surface area contributed by atoms with E-state index in [1.54, 1.807) is 30.5 Å². The van der Waals surface area contributed by atoms with E-state index in [2.05, 4.69) is 21.9 Å². The summed E-state index contributed by atoms with van der Waals surface area (Å²) in [7, 11) is 0. The summed E-state index contributed by atoms with van der Waals surface area (Å²) in [5, 5.41) is 4.04. The van der Waals surface area contributed by atoms with Crippen LogP contribution in [-0.2, 0) is 11.0 Å². The molecule has 3 aromatic heterocycles. The first-order valence-corrected chi connectivity index (χ1v) is 12.0. The highest BCUT2D eigenvalue weighted by Crippen LogP contribution is 2.39. The van der Waals surface area contributed by atoms with E-state index < -0.39 is 17.3 Å². The number of carbonyl (C=O) groups excluding carboxylic acids is 1. The molecule has 1 amide bonds. The zero-order chi connectivity index (χ0) is 28.1. The smallest absolute Gasteiger partial charge is 0.384 e. The number of nitrogens with two attached hydrogens (primary N) is 1. The predicted octanol–water partition coefficient (Wildman–Crippen LogP) is 5.46. The van der Waals surface area contributed by atoms with E-state index in [4.69, 9.17) is 5.73 Å². The summed E-state index contributed by atoms with van der Waals surface area (Å²) < 4.78 is 43.1. The molecule has 0 spiro atoms. The molecule has 1 atom stereocenters. The van der Waals surface area contributed by atoms with Crippen molar-refractivity contribution in [2.24, 2.45) is 0 Å². The number of amides is 1. The number of halogens is 3. The summed E-state index contributed by atoms with van der Waals surface area (Å²) in [4.78, 5) is 33.8. The Morgan fingerprint density at radius 2 is 1.92 bits per heavy atom. The van der Waals surface area contributed by atoms with Gasteiger partial charge in [-0.3, -0.25) is 19.1 Å². The largest absolute Gasteiger partial charge is 0.417 e. The third kappa shape index (κ3) is 4.58. The van der Waals surface area contributed by atoms with E-state index in [1.807, 2.05) is 19.9 Å². The third-order valence-corrected chi connectivity index (χ3v) is 7.06. The van der Waals surface area contributed by atoms with Crippen molar-refractivity contribution in [2.45, 2.75) is 32.0 Å². The van der Waals surface area contributed by atoms with Crippen molar-refractivity contribution in [1.29, 1.82) is 0 Å². The number of nitrogens with zero attached hydrogens (tertiary/aromatic N) is 3. The van der Waals surface area contributed by atoms with Crippen molar-refractivity contribution in [2.75, 3.05) is 5.73 Å². The fourth-order valence-corrected chi connectivity index (χ4v) is 4.89. The molecule has 3 N–H and O–H groups in total. The highest BCUT2D eigenvalue weighted by molar-refractivity contribution is 6.06. The summed E-state index contributed by atoms with van der Waals surface area (Å²) in [6, 6.07) is 8.56. The Hall–Kier alpha value is -4.73. The number of alkyl halides is 3. The standard InChI is InChI=1S/C29H24F3N5O2/c1-4-25(38)36-28(3)13-19(8-5-16(28)2)37-26(39)10-7-18-14-34-23-9-6-17(11-20(23)27(18)37)21-15-35-24(33)12-22(21)29(30,31)32/h4-12,14-15H,1,13H2,2-3H3,(H2,33,35)(H,36,38). The zero-order valence-electron chi connectivity index (χ0n) is 21.1. The van der Waals surface area contributed by atoms with Gasteiger partial charge in [0, 0.05) is 46.9 Å². The quantitative estimate of drug-likeness (QED) is 0.269. The Balaban J connectivity index is 1.77. The Morgan fingerprint density at radius 1 is 1.15 bits per heavy atom. The molecular formula is C29H24F3N5O2. The van der Waals surface area contributed by atoms with Gasteiger partial charge in [0.2, 0.25) is 5.91 Å². The first-order valence-electron chi connectivity index (χ1n) is 12.0. The van der Waals surface area contributed by atoms with Gasteiger partial charge < -0.3 is 11.1 Å². The molecule has 39 heavy (non-hydrogen) atoms. The molecule has 7 nitrogen and oxygen atoms in total. The number of pyridine rings is 3. The van der Waals surface area contributed by atoms with Crippen LogP contribution in [0.1, 0.15) is 25.8 Å². The maximum Gasteiger partial charge on any atom is 0.417 e. The lowest BCUT2D eigenvalue weighted by Gasteiger charge is -2.35.